The van der Waals surface area contributed by atoms with Crippen molar-refractivity contribution >= 4 is 23.2 Å². The van der Waals surface area contributed by atoms with Crippen molar-refractivity contribution in [1.29, 1.82) is 0 Å². The molecule has 0 atom stereocenters. The normalized spacial score (nSPS) is 10.7. The van der Waals surface area contributed by atoms with Crippen LogP contribution in [-0.2, 0) is 0 Å². The van der Waals surface area contributed by atoms with Gasteiger partial charge in [-0.2, -0.15) is 0 Å². The molecule has 2 heterocycles. The Labute approximate surface area is 153 Å². The summed E-state index contributed by atoms with van der Waals surface area (Å²) in [5.41, 5.74) is 2.63. The predicted molar refractivity (Wildman–Crippen MR) is 97.9 cm³/mol. The maximum absolute atomic E-state index is 12.7. The third-order valence-corrected chi connectivity index (χ3v) is 4.05. The van der Waals surface area contributed by atoms with Gasteiger partial charge in [-0.1, -0.05) is 17.7 Å². The number of tetrazole rings is 1. The summed E-state index contributed by atoms with van der Waals surface area (Å²) in [7, 11) is 0. The van der Waals surface area contributed by atoms with Crippen molar-refractivity contribution in [3.05, 3.63) is 83.9 Å². The van der Waals surface area contributed by atoms with Gasteiger partial charge in [-0.25, -0.2) is 4.68 Å². The lowest BCUT2D eigenvalue weighted by molar-refractivity contribution is 0.102. The molecule has 4 rings (SSSR count). The molecule has 2 aromatic carbocycles. The number of nitrogens with zero attached hydrogens (tertiary/aromatic N) is 5. The van der Waals surface area contributed by atoms with Gasteiger partial charge in [0.15, 0.2) is 0 Å². The Morgan fingerprint density at radius 1 is 1.04 bits per heavy atom. The minimum Gasteiger partial charge on any atom is -0.322 e. The summed E-state index contributed by atoms with van der Waals surface area (Å²) in [6.45, 7) is 0. The van der Waals surface area contributed by atoms with Crippen molar-refractivity contribution in [2.75, 3.05) is 5.32 Å². The van der Waals surface area contributed by atoms with Crippen molar-refractivity contribution in [3.8, 4) is 11.4 Å². The maximum atomic E-state index is 12.7. The molecule has 0 saturated carbocycles. The van der Waals surface area contributed by atoms with E-state index < -0.39 is 0 Å². The van der Waals surface area contributed by atoms with Crippen LogP contribution in [0.2, 0.25) is 5.02 Å². The van der Waals surface area contributed by atoms with Crippen LogP contribution in [0.1, 0.15) is 10.4 Å². The largest absolute Gasteiger partial charge is 0.322 e. The highest BCUT2D eigenvalue weighted by Crippen LogP contribution is 2.25. The van der Waals surface area contributed by atoms with Gasteiger partial charge in [0.25, 0.3) is 5.91 Å². The van der Waals surface area contributed by atoms with Gasteiger partial charge in [-0.3, -0.25) is 4.79 Å². The molecule has 8 heteroatoms. The molecule has 0 aliphatic carbocycles. The van der Waals surface area contributed by atoms with Crippen LogP contribution in [0.15, 0.2) is 73.3 Å². The molecule has 4 aromatic rings. The summed E-state index contributed by atoms with van der Waals surface area (Å²) < 4.78 is 3.38. The molecule has 0 bridgehead atoms. The summed E-state index contributed by atoms with van der Waals surface area (Å²) in [5.74, 6) is -0.240. The summed E-state index contributed by atoms with van der Waals surface area (Å²) in [5, 5.41) is 14.6. The number of amides is 1. The van der Waals surface area contributed by atoms with Crippen molar-refractivity contribution in [2.24, 2.45) is 0 Å². The fourth-order valence-corrected chi connectivity index (χ4v) is 2.75. The third kappa shape index (κ3) is 3.20. The Hall–Kier alpha value is -3.45. The number of aromatic nitrogens is 5. The van der Waals surface area contributed by atoms with Crippen LogP contribution >= 0.6 is 11.6 Å². The van der Waals surface area contributed by atoms with Gasteiger partial charge in [-0.15, -0.1) is 5.10 Å². The average Bonchev–Trinajstić information content (AvgIpc) is 3.37. The average molecular weight is 365 g/mol. The zero-order valence-electron chi connectivity index (χ0n) is 13.5. The van der Waals surface area contributed by atoms with Gasteiger partial charge >= 0.3 is 0 Å². The molecule has 0 aliphatic heterocycles. The summed E-state index contributed by atoms with van der Waals surface area (Å²) in [4.78, 5) is 12.7. The van der Waals surface area contributed by atoms with Gasteiger partial charge in [0, 0.05) is 23.0 Å². The first kappa shape index (κ1) is 16.0. The Morgan fingerprint density at radius 2 is 1.88 bits per heavy atom. The molecular weight excluding hydrogens is 352 g/mol. The highest BCUT2D eigenvalue weighted by Gasteiger charge is 2.12. The lowest BCUT2D eigenvalue weighted by atomic mass is 10.1. The molecule has 0 fully saturated rings. The standard InChI is InChI=1S/C18H13ClN6O/c19-14-6-7-16(17(11-14)24-8-1-2-9-24)21-18(26)13-4-3-5-15(10-13)25-12-20-22-23-25/h1-12H,(H,21,26). The second-order valence-electron chi connectivity index (χ2n) is 5.51. The molecule has 0 radical (unpaired) electrons. The van der Waals surface area contributed by atoms with Gasteiger partial charge in [0.2, 0.25) is 0 Å². The van der Waals surface area contributed by atoms with E-state index in [1.165, 1.54) is 11.0 Å². The van der Waals surface area contributed by atoms with Crippen molar-refractivity contribution in [2.45, 2.75) is 0 Å². The molecule has 7 nitrogen and oxygen atoms in total. The van der Waals surface area contributed by atoms with Gasteiger partial charge < -0.3 is 9.88 Å². The molecule has 26 heavy (non-hydrogen) atoms. The minimum atomic E-state index is -0.240. The summed E-state index contributed by atoms with van der Waals surface area (Å²) >= 11 is 6.12. The number of carbonyl (C=O) groups is 1. The molecule has 1 amide bonds. The highest BCUT2D eigenvalue weighted by molar-refractivity contribution is 6.31. The fourth-order valence-electron chi connectivity index (χ4n) is 2.58. The number of hydrogen-bond acceptors (Lipinski definition) is 4. The van der Waals surface area contributed by atoms with E-state index in [0.717, 1.165) is 5.69 Å². The summed E-state index contributed by atoms with van der Waals surface area (Å²) in [6, 6.07) is 16.2. The van der Waals surface area contributed by atoms with Crippen LogP contribution < -0.4 is 5.32 Å². The van der Waals surface area contributed by atoms with E-state index >= 15 is 0 Å². The van der Waals surface area contributed by atoms with Crippen molar-refractivity contribution in [3.63, 3.8) is 0 Å². The maximum Gasteiger partial charge on any atom is 0.255 e. The minimum absolute atomic E-state index is 0.240. The second kappa shape index (κ2) is 6.81. The smallest absolute Gasteiger partial charge is 0.255 e. The zero-order chi connectivity index (χ0) is 17.9. The van der Waals surface area contributed by atoms with E-state index in [9.17, 15) is 4.79 Å². The van der Waals surface area contributed by atoms with Crippen molar-refractivity contribution < 1.29 is 4.79 Å². The number of carbonyl (C=O) groups excluding carboxylic acids is 1. The Balaban J connectivity index is 1.64. The van der Waals surface area contributed by atoms with E-state index in [1.807, 2.05) is 35.2 Å². The first-order valence-corrected chi connectivity index (χ1v) is 8.16. The Morgan fingerprint density at radius 3 is 2.65 bits per heavy atom. The van der Waals surface area contributed by atoms with Crippen LogP contribution in [0.4, 0.5) is 5.69 Å². The van der Waals surface area contributed by atoms with Crippen LogP contribution in [0.5, 0.6) is 0 Å². The van der Waals surface area contributed by atoms with Crippen LogP contribution in [0, 0.1) is 0 Å². The zero-order valence-corrected chi connectivity index (χ0v) is 14.2. The second-order valence-corrected chi connectivity index (χ2v) is 5.95. The van der Waals surface area contributed by atoms with E-state index in [0.29, 0.717) is 22.0 Å². The first-order chi connectivity index (χ1) is 12.7. The van der Waals surface area contributed by atoms with Crippen LogP contribution in [0.3, 0.4) is 0 Å². The van der Waals surface area contributed by atoms with Crippen LogP contribution in [0.25, 0.3) is 11.4 Å². The molecule has 0 unspecified atom stereocenters. The van der Waals surface area contributed by atoms with Gasteiger partial charge in [0.1, 0.15) is 6.33 Å². The molecule has 0 aliphatic rings. The SMILES string of the molecule is O=C(Nc1ccc(Cl)cc1-n1cccc1)c1cccc(-n2cnnn2)c1. The molecular formula is C18H13ClN6O. The number of hydrogen-bond donors (Lipinski definition) is 1. The number of halogens is 1. The quantitative estimate of drug-likeness (QED) is 0.602. The Bertz CT molecular complexity index is 1040. The molecule has 0 saturated heterocycles. The predicted octanol–water partition coefficient (Wildman–Crippen LogP) is 3.36. The summed E-state index contributed by atoms with van der Waals surface area (Å²) in [6.07, 6.45) is 5.25. The van der Waals surface area contributed by atoms with E-state index in [2.05, 4.69) is 20.8 Å². The lowest BCUT2D eigenvalue weighted by Gasteiger charge is -2.13. The first-order valence-electron chi connectivity index (χ1n) is 7.78. The highest BCUT2D eigenvalue weighted by atomic mass is 35.5. The lowest BCUT2D eigenvalue weighted by Crippen LogP contribution is -2.14. The van der Waals surface area contributed by atoms with Crippen molar-refractivity contribution in [1.82, 2.24) is 24.8 Å². The van der Waals surface area contributed by atoms with Gasteiger partial charge in [-0.05, 0) is 59.0 Å². The topological polar surface area (TPSA) is 77.6 Å². The van der Waals surface area contributed by atoms with E-state index in [1.54, 1.807) is 36.4 Å². The fraction of sp³-hybridized carbons (Fsp3) is 0. The number of rotatable bonds is 4. The van der Waals surface area contributed by atoms with Crippen LogP contribution in [-0.4, -0.2) is 30.7 Å². The number of benzene rings is 2. The van der Waals surface area contributed by atoms with E-state index in [-0.39, 0.29) is 5.91 Å². The van der Waals surface area contributed by atoms with E-state index in [4.69, 9.17) is 11.6 Å². The molecule has 128 valence electrons. The molecule has 0 spiro atoms. The number of nitrogens with one attached hydrogen (secondary N) is 1. The molecule has 2 aromatic heterocycles. The number of anilines is 1. The van der Waals surface area contributed by atoms with Gasteiger partial charge in [0.05, 0.1) is 17.1 Å². The Kier molecular flexibility index (Phi) is 4.20. The third-order valence-electron chi connectivity index (χ3n) is 3.81. The monoisotopic (exact) mass is 364 g/mol. The molecule has 1 N–H and O–H groups in total.